The second kappa shape index (κ2) is 8.68. The molecule has 0 spiro atoms. The first-order chi connectivity index (χ1) is 14.6. The van der Waals surface area contributed by atoms with Crippen LogP contribution >= 0.6 is 0 Å². The van der Waals surface area contributed by atoms with E-state index in [1.807, 2.05) is 0 Å². The van der Waals surface area contributed by atoms with Crippen LogP contribution in [0.5, 0.6) is 0 Å². The third kappa shape index (κ3) is 4.43. The highest BCUT2D eigenvalue weighted by Crippen LogP contribution is 2.25. The molecule has 0 saturated carbocycles. The van der Waals surface area contributed by atoms with Crippen LogP contribution in [0.3, 0.4) is 0 Å². The molecule has 1 aromatic carbocycles. The van der Waals surface area contributed by atoms with Crippen LogP contribution in [0.1, 0.15) is 6.42 Å². The lowest BCUT2D eigenvalue weighted by molar-refractivity contribution is -0.126. The number of rotatable bonds is 7. The minimum Gasteiger partial charge on any atom is -0.367 e. The third-order valence-electron chi connectivity index (χ3n) is 4.75. The summed E-state index contributed by atoms with van der Waals surface area (Å²) in [7, 11) is 0. The number of hydrogen-bond acceptors (Lipinski definition) is 6. The van der Waals surface area contributed by atoms with Crippen LogP contribution in [-0.4, -0.2) is 51.4 Å². The highest BCUT2D eigenvalue weighted by molar-refractivity contribution is 6.00. The fraction of sp³-hybridized carbons (Fsp3) is 0.250. The van der Waals surface area contributed by atoms with Crippen molar-refractivity contribution in [3.8, 4) is 5.82 Å². The first kappa shape index (κ1) is 19.5. The summed E-state index contributed by atoms with van der Waals surface area (Å²) in [5, 5.41) is 18.2. The van der Waals surface area contributed by atoms with Gasteiger partial charge in [0.15, 0.2) is 5.82 Å². The van der Waals surface area contributed by atoms with Gasteiger partial charge < -0.3 is 15.5 Å². The largest absolute Gasteiger partial charge is 0.367 e. The fourth-order valence-corrected chi connectivity index (χ4v) is 3.22. The van der Waals surface area contributed by atoms with Gasteiger partial charge in [-0.2, -0.15) is 5.10 Å². The normalized spacial score (nSPS) is 16.0. The van der Waals surface area contributed by atoms with E-state index >= 15 is 0 Å². The van der Waals surface area contributed by atoms with E-state index in [9.17, 15) is 14.0 Å². The molecule has 1 atom stereocenters. The van der Waals surface area contributed by atoms with E-state index < -0.39 is 5.92 Å². The SMILES string of the molecule is O=C(NCCNc1ccc(-n2cccn2)nn1)C1CC(=O)N(c2ccc(F)cc2)C1. The number of carbonyl (C=O) groups is 2. The Hall–Kier alpha value is -3.82. The smallest absolute Gasteiger partial charge is 0.227 e. The molecular formula is C20H20FN7O2. The number of benzene rings is 1. The third-order valence-corrected chi connectivity index (χ3v) is 4.75. The maximum atomic E-state index is 13.1. The summed E-state index contributed by atoms with van der Waals surface area (Å²) >= 11 is 0. The van der Waals surface area contributed by atoms with E-state index in [1.165, 1.54) is 29.2 Å². The summed E-state index contributed by atoms with van der Waals surface area (Å²) in [6, 6.07) is 11.0. The average Bonchev–Trinajstić information content (AvgIpc) is 3.42. The summed E-state index contributed by atoms with van der Waals surface area (Å²) in [6.07, 6.45) is 3.57. The van der Waals surface area contributed by atoms with Crippen molar-refractivity contribution in [2.75, 3.05) is 29.9 Å². The average molecular weight is 409 g/mol. The fourth-order valence-electron chi connectivity index (χ4n) is 3.22. The van der Waals surface area contributed by atoms with Crippen LogP contribution in [0.4, 0.5) is 15.9 Å². The molecule has 30 heavy (non-hydrogen) atoms. The van der Waals surface area contributed by atoms with Crippen molar-refractivity contribution in [1.82, 2.24) is 25.3 Å². The number of nitrogens with one attached hydrogen (secondary N) is 2. The maximum absolute atomic E-state index is 13.1. The number of hydrogen-bond donors (Lipinski definition) is 2. The number of nitrogens with zero attached hydrogens (tertiary/aromatic N) is 5. The van der Waals surface area contributed by atoms with E-state index in [0.717, 1.165) is 0 Å². The lowest BCUT2D eigenvalue weighted by atomic mass is 10.1. The molecule has 1 fully saturated rings. The number of carbonyl (C=O) groups excluding carboxylic acids is 2. The summed E-state index contributed by atoms with van der Waals surface area (Å²) in [5.41, 5.74) is 0.593. The van der Waals surface area contributed by atoms with Crippen LogP contribution in [0, 0.1) is 11.7 Å². The number of anilines is 2. The molecule has 1 aliphatic heterocycles. The minimum atomic E-state index is -0.435. The second-order valence-corrected chi connectivity index (χ2v) is 6.83. The van der Waals surface area contributed by atoms with Gasteiger partial charge in [0.25, 0.3) is 0 Å². The summed E-state index contributed by atoms with van der Waals surface area (Å²) in [5.74, 6) is 0.0556. The highest BCUT2D eigenvalue weighted by Gasteiger charge is 2.34. The standard InChI is InChI=1S/C20H20FN7O2/c21-15-2-4-16(5-3-15)27-13-14(12-19(27)29)20(30)23-10-9-22-17-6-7-18(26-25-17)28-11-1-8-24-28/h1-8,11,14H,9-10,12-13H2,(H,22,25)(H,23,30). The monoisotopic (exact) mass is 409 g/mol. The van der Waals surface area contributed by atoms with Gasteiger partial charge in [-0.25, -0.2) is 9.07 Å². The predicted molar refractivity (Wildman–Crippen MR) is 108 cm³/mol. The van der Waals surface area contributed by atoms with Gasteiger partial charge in [-0.15, -0.1) is 10.2 Å². The van der Waals surface area contributed by atoms with E-state index in [-0.39, 0.29) is 30.6 Å². The molecule has 9 nitrogen and oxygen atoms in total. The first-order valence-corrected chi connectivity index (χ1v) is 9.51. The summed E-state index contributed by atoms with van der Waals surface area (Å²) in [4.78, 5) is 26.1. The van der Waals surface area contributed by atoms with Gasteiger partial charge in [-0.1, -0.05) is 0 Å². The molecule has 1 aliphatic rings. The quantitative estimate of drug-likeness (QED) is 0.572. The van der Waals surface area contributed by atoms with Crippen LogP contribution in [-0.2, 0) is 9.59 Å². The Morgan fingerprint density at radius 2 is 1.97 bits per heavy atom. The van der Waals surface area contributed by atoms with Crippen molar-refractivity contribution in [1.29, 1.82) is 0 Å². The van der Waals surface area contributed by atoms with Gasteiger partial charge >= 0.3 is 0 Å². The van der Waals surface area contributed by atoms with Gasteiger partial charge in [0, 0.05) is 44.1 Å². The van der Waals surface area contributed by atoms with Crippen LogP contribution < -0.4 is 15.5 Å². The molecule has 4 rings (SSSR count). The van der Waals surface area contributed by atoms with Gasteiger partial charge in [-0.05, 0) is 42.5 Å². The molecule has 0 bridgehead atoms. The molecule has 3 aromatic rings. The Kier molecular flexibility index (Phi) is 5.64. The van der Waals surface area contributed by atoms with Crippen LogP contribution in [0.15, 0.2) is 54.9 Å². The Bertz CT molecular complexity index is 1010. The Labute approximate surface area is 171 Å². The van der Waals surface area contributed by atoms with Crippen molar-refractivity contribution >= 4 is 23.3 Å². The van der Waals surface area contributed by atoms with E-state index in [2.05, 4.69) is 25.9 Å². The van der Waals surface area contributed by atoms with Crippen LogP contribution in [0.25, 0.3) is 5.82 Å². The topological polar surface area (TPSA) is 105 Å². The Morgan fingerprint density at radius 3 is 2.67 bits per heavy atom. The maximum Gasteiger partial charge on any atom is 0.227 e. The van der Waals surface area contributed by atoms with Gasteiger partial charge in [0.1, 0.15) is 11.6 Å². The minimum absolute atomic E-state index is 0.136. The summed E-state index contributed by atoms with van der Waals surface area (Å²) < 4.78 is 14.7. The summed E-state index contributed by atoms with van der Waals surface area (Å²) in [6.45, 7) is 1.12. The van der Waals surface area contributed by atoms with Gasteiger partial charge in [0.05, 0.1) is 5.92 Å². The van der Waals surface area contributed by atoms with Crippen molar-refractivity contribution in [3.05, 3.63) is 60.7 Å². The number of halogens is 1. The molecular weight excluding hydrogens is 389 g/mol. The Balaban J connectivity index is 1.22. The molecule has 1 saturated heterocycles. The molecule has 10 heteroatoms. The first-order valence-electron chi connectivity index (χ1n) is 9.51. The Morgan fingerprint density at radius 1 is 1.13 bits per heavy atom. The van der Waals surface area contributed by atoms with Gasteiger partial charge in [-0.3, -0.25) is 9.59 Å². The molecule has 1 unspecified atom stereocenters. The van der Waals surface area contributed by atoms with E-state index in [0.29, 0.717) is 30.4 Å². The van der Waals surface area contributed by atoms with Crippen molar-refractivity contribution in [2.45, 2.75) is 6.42 Å². The highest BCUT2D eigenvalue weighted by atomic mass is 19.1. The molecule has 3 heterocycles. The van der Waals surface area contributed by atoms with E-state index in [1.54, 1.807) is 35.3 Å². The molecule has 0 radical (unpaired) electrons. The van der Waals surface area contributed by atoms with Gasteiger partial charge in [0.2, 0.25) is 11.8 Å². The molecule has 2 N–H and O–H groups in total. The zero-order chi connectivity index (χ0) is 20.9. The molecule has 154 valence electrons. The molecule has 2 aromatic heterocycles. The zero-order valence-electron chi connectivity index (χ0n) is 16.0. The molecule has 2 amide bonds. The second-order valence-electron chi connectivity index (χ2n) is 6.83. The predicted octanol–water partition coefficient (Wildman–Crippen LogP) is 1.38. The number of amides is 2. The lowest BCUT2D eigenvalue weighted by Crippen LogP contribution is -2.35. The zero-order valence-corrected chi connectivity index (χ0v) is 16.0. The lowest BCUT2D eigenvalue weighted by Gasteiger charge is -2.16. The van der Waals surface area contributed by atoms with Crippen molar-refractivity contribution in [3.63, 3.8) is 0 Å². The van der Waals surface area contributed by atoms with E-state index in [4.69, 9.17) is 0 Å². The van der Waals surface area contributed by atoms with Crippen molar-refractivity contribution < 1.29 is 14.0 Å². The number of aromatic nitrogens is 4. The molecule has 0 aliphatic carbocycles. The van der Waals surface area contributed by atoms with Crippen LogP contribution in [0.2, 0.25) is 0 Å². The van der Waals surface area contributed by atoms with Crippen molar-refractivity contribution in [2.24, 2.45) is 5.92 Å².